The topological polar surface area (TPSA) is 135 Å². The molecule has 1 aromatic carbocycles. The number of fused-ring (bicyclic) bond motifs is 1. The summed E-state index contributed by atoms with van der Waals surface area (Å²) in [6.45, 7) is 9.68. The van der Waals surface area contributed by atoms with Crippen LogP contribution in [0, 0.1) is 0 Å². The average molecular weight is 459 g/mol. The summed E-state index contributed by atoms with van der Waals surface area (Å²) in [4.78, 5) is 27.3. The standard InChI is InChI=1S/C23H29N3O7/c1-6-23(14-11-10-12-15-18(14)25-33-24-15)16(20(27)28)13(5)26(7-2)19(17(23)21(29)30)22(31-8-3)32-9-4/h10-12,22H,6-9H2,1-5H3,(H,27,28)(H,29,30). The third-order valence-corrected chi connectivity index (χ3v) is 6.05. The zero-order chi connectivity index (χ0) is 24.3. The van der Waals surface area contributed by atoms with Crippen molar-refractivity contribution in [1.29, 1.82) is 0 Å². The number of carboxylic acid groups (broad SMARTS) is 2. The van der Waals surface area contributed by atoms with E-state index in [4.69, 9.17) is 14.1 Å². The maximum absolute atomic E-state index is 13.0. The first kappa shape index (κ1) is 24.4. The number of aliphatic carboxylic acids is 2. The fraction of sp³-hybridized carbons (Fsp3) is 0.478. The van der Waals surface area contributed by atoms with E-state index in [1.807, 2.05) is 6.92 Å². The summed E-state index contributed by atoms with van der Waals surface area (Å²) in [7, 11) is 0. The lowest BCUT2D eigenvalue weighted by molar-refractivity contribution is -0.139. The van der Waals surface area contributed by atoms with Gasteiger partial charge in [0.1, 0.15) is 11.0 Å². The first-order valence-corrected chi connectivity index (χ1v) is 10.9. The van der Waals surface area contributed by atoms with Crippen LogP contribution in [0.5, 0.6) is 0 Å². The molecule has 0 aliphatic carbocycles. The van der Waals surface area contributed by atoms with Gasteiger partial charge in [0, 0.05) is 25.5 Å². The fourth-order valence-corrected chi connectivity index (χ4v) is 4.86. The van der Waals surface area contributed by atoms with E-state index in [1.165, 1.54) is 0 Å². The van der Waals surface area contributed by atoms with Crippen LogP contribution >= 0.6 is 0 Å². The molecule has 1 aliphatic heterocycles. The van der Waals surface area contributed by atoms with Gasteiger partial charge in [0.2, 0.25) is 0 Å². The molecule has 2 aromatic rings. The lowest BCUT2D eigenvalue weighted by Crippen LogP contribution is -2.49. The second kappa shape index (κ2) is 9.72. The highest BCUT2D eigenvalue weighted by Crippen LogP contribution is 2.51. The summed E-state index contributed by atoms with van der Waals surface area (Å²) in [5, 5.41) is 28.8. The molecule has 3 rings (SSSR count). The highest BCUT2D eigenvalue weighted by atomic mass is 16.7. The van der Waals surface area contributed by atoms with Gasteiger partial charge in [-0.1, -0.05) is 19.1 Å². The zero-order valence-electron chi connectivity index (χ0n) is 19.4. The Balaban J connectivity index is 2.55. The molecule has 0 saturated heterocycles. The second-order valence-electron chi connectivity index (χ2n) is 7.51. The molecule has 10 heteroatoms. The number of carboxylic acids is 2. The van der Waals surface area contributed by atoms with Crippen molar-refractivity contribution in [3.05, 3.63) is 46.3 Å². The number of carbonyl (C=O) groups is 2. The normalized spacial score (nSPS) is 19.2. The number of allylic oxidation sites excluding steroid dienone is 1. The molecule has 0 bridgehead atoms. The molecular formula is C23H29N3O7. The van der Waals surface area contributed by atoms with Gasteiger partial charge in [0.15, 0.2) is 6.29 Å². The molecule has 33 heavy (non-hydrogen) atoms. The van der Waals surface area contributed by atoms with Gasteiger partial charge < -0.3 is 24.6 Å². The maximum Gasteiger partial charge on any atom is 0.334 e. The largest absolute Gasteiger partial charge is 0.478 e. The van der Waals surface area contributed by atoms with Crippen molar-refractivity contribution in [3.8, 4) is 0 Å². The minimum absolute atomic E-state index is 0.0461. The highest BCUT2D eigenvalue weighted by Gasteiger charge is 2.54. The van der Waals surface area contributed by atoms with Crippen LogP contribution in [-0.2, 0) is 24.5 Å². The molecule has 1 aliphatic rings. The van der Waals surface area contributed by atoms with Gasteiger partial charge in [0.05, 0.1) is 22.3 Å². The van der Waals surface area contributed by atoms with Crippen LogP contribution in [-0.4, -0.2) is 63.4 Å². The Kier molecular flexibility index (Phi) is 7.19. The van der Waals surface area contributed by atoms with E-state index >= 15 is 0 Å². The Morgan fingerprint density at radius 1 is 1.06 bits per heavy atom. The number of likely N-dealkylation sites (N-methyl/N-ethyl adjacent to an activating group) is 1. The number of aromatic nitrogens is 2. The predicted molar refractivity (Wildman–Crippen MR) is 118 cm³/mol. The van der Waals surface area contributed by atoms with Crippen LogP contribution in [0.3, 0.4) is 0 Å². The Bertz CT molecular complexity index is 1110. The molecule has 178 valence electrons. The van der Waals surface area contributed by atoms with Gasteiger partial charge in [-0.3, -0.25) is 0 Å². The minimum atomic E-state index is -1.56. The van der Waals surface area contributed by atoms with E-state index in [9.17, 15) is 19.8 Å². The van der Waals surface area contributed by atoms with Crippen molar-refractivity contribution >= 4 is 23.0 Å². The summed E-state index contributed by atoms with van der Waals surface area (Å²) in [5.41, 5.74) is 0.0332. The number of nitrogens with zero attached hydrogens (tertiary/aromatic N) is 3. The van der Waals surface area contributed by atoms with E-state index in [0.717, 1.165) is 0 Å². The summed E-state index contributed by atoms with van der Waals surface area (Å²) >= 11 is 0. The van der Waals surface area contributed by atoms with E-state index in [2.05, 4.69) is 10.3 Å². The van der Waals surface area contributed by atoms with Crippen molar-refractivity contribution in [2.45, 2.75) is 52.7 Å². The maximum atomic E-state index is 13.0. The highest BCUT2D eigenvalue weighted by molar-refractivity contribution is 6.02. The molecule has 0 radical (unpaired) electrons. The first-order valence-electron chi connectivity index (χ1n) is 10.9. The average Bonchev–Trinajstić information content (AvgIpc) is 3.26. The number of benzene rings is 1. The van der Waals surface area contributed by atoms with Gasteiger partial charge in [-0.05, 0) is 56.1 Å². The summed E-state index contributed by atoms with van der Waals surface area (Å²) in [6.07, 6.45) is -0.872. The van der Waals surface area contributed by atoms with E-state index in [0.29, 0.717) is 28.8 Å². The van der Waals surface area contributed by atoms with Crippen LogP contribution in [0.15, 0.2) is 45.4 Å². The van der Waals surface area contributed by atoms with Gasteiger partial charge in [-0.2, -0.15) is 0 Å². The van der Waals surface area contributed by atoms with Gasteiger partial charge in [-0.25, -0.2) is 14.2 Å². The van der Waals surface area contributed by atoms with Crippen molar-refractivity contribution < 1.29 is 33.9 Å². The number of rotatable bonds is 10. The van der Waals surface area contributed by atoms with Crippen LogP contribution in [0.4, 0.5) is 0 Å². The quantitative estimate of drug-likeness (QED) is 0.509. The fourth-order valence-electron chi connectivity index (χ4n) is 4.86. The third-order valence-electron chi connectivity index (χ3n) is 6.05. The van der Waals surface area contributed by atoms with E-state index in [-0.39, 0.29) is 36.5 Å². The Hall–Kier alpha value is -3.24. The zero-order valence-corrected chi connectivity index (χ0v) is 19.4. The van der Waals surface area contributed by atoms with E-state index < -0.39 is 23.6 Å². The van der Waals surface area contributed by atoms with Crippen LogP contribution in [0.2, 0.25) is 0 Å². The van der Waals surface area contributed by atoms with Crippen molar-refractivity contribution in [1.82, 2.24) is 15.2 Å². The second-order valence-corrected chi connectivity index (χ2v) is 7.51. The molecule has 1 unspecified atom stereocenters. The molecule has 2 N–H and O–H groups in total. The van der Waals surface area contributed by atoms with Crippen LogP contribution in [0.25, 0.3) is 11.0 Å². The lowest BCUT2D eigenvalue weighted by atomic mass is 9.63. The van der Waals surface area contributed by atoms with Gasteiger partial charge >= 0.3 is 11.9 Å². The predicted octanol–water partition coefficient (Wildman–Crippen LogP) is 3.30. The third kappa shape index (κ3) is 3.79. The Morgan fingerprint density at radius 3 is 2.21 bits per heavy atom. The van der Waals surface area contributed by atoms with Gasteiger partial charge in [-0.15, -0.1) is 0 Å². The monoisotopic (exact) mass is 459 g/mol. The summed E-state index contributed by atoms with van der Waals surface area (Å²) in [6, 6.07) is 5.03. The Morgan fingerprint density at radius 2 is 1.70 bits per heavy atom. The smallest absolute Gasteiger partial charge is 0.334 e. The molecule has 1 aromatic heterocycles. The number of hydrogen-bond acceptors (Lipinski definition) is 8. The van der Waals surface area contributed by atoms with Crippen LogP contribution < -0.4 is 0 Å². The number of hydrogen-bond donors (Lipinski definition) is 2. The molecule has 10 nitrogen and oxygen atoms in total. The molecule has 0 fully saturated rings. The van der Waals surface area contributed by atoms with Crippen molar-refractivity contribution in [2.24, 2.45) is 0 Å². The minimum Gasteiger partial charge on any atom is -0.478 e. The molecule has 0 spiro atoms. The molecule has 0 amide bonds. The lowest BCUT2D eigenvalue weighted by Gasteiger charge is -2.46. The summed E-state index contributed by atoms with van der Waals surface area (Å²) < 4.78 is 16.6. The Labute approximate surface area is 191 Å². The van der Waals surface area contributed by atoms with Crippen molar-refractivity contribution in [3.63, 3.8) is 0 Å². The van der Waals surface area contributed by atoms with Crippen molar-refractivity contribution in [2.75, 3.05) is 19.8 Å². The summed E-state index contributed by atoms with van der Waals surface area (Å²) in [5.74, 6) is -2.49. The molecule has 1 atom stereocenters. The molecule has 2 heterocycles. The van der Waals surface area contributed by atoms with Gasteiger partial charge in [0.25, 0.3) is 0 Å². The van der Waals surface area contributed by atoms with E-state index in [1.54, 1.807) is 50.8 Å². The van der Waals surface area contributed by atoms with Crippen LogP contribution in [0.1, 0.15) is 46.6 Å². The number of ether oxygens (including phenoxy) is 2. The molecular weight excluding hydrogens is 430 g/mol. The molecule has 0 saturated carbocycles. The SMILES string of the molecule is CCOC(OCC)C1=C(C(=O)O)C(CC)(c2cccc3nonc23)C(C(=O)O)=C(C)N1CC. The first-order chi connectivity index (χ1) is 15.8.